The minimum atomic E-state index is -0.893. The molecule has 2 N–H and O–H groups in total. The summed E-state index contributed by atoms with van der Waals surface area (Å²) in [5.74, 6) is 0.463. The van der Waals surface area contributed by atoms with Crippen LogP contribution in [0.25, 0.3) is 0 Å². The highest BCUT2D eigenvalue weighted by molar-refractivity contribution is 5.88. The van der Waals surface area contributed by atoms with Gasteiger partial charge in [0.15, 0.2) is 11.5 Å². The first-order valence-electron chi connectivity index (χ1n) is 9.23. The Kier molecular flexibility index (Phi) is 4.59. The number of nitrogens with one attached hydrogen (secondary N) is 1. The molecule has 1 unspecified atom stereocenters. The molecule has 1 spiro atoms. The average molecular weight is 376 g/mol. The highest BCUT2D eigenvalue weighted by atomic mass is 16.6. The quantitative estimate of drug-likeness (QED) is 0.810. The minimum absolute atomic E-state index is 0.0747. The summed E-state index contributed by atoms with van der Waals surface area (Å²) in [6, 6.07) is 3.81. The zero-order valence-electron chi connectivity index (χ0n) is 15.3. The Hall–Kier alpha value is -2.48. The molecule has 1 aromatic rings. The molecule has 2 fully saturated rings. The van der Waals surface area contributed by atoms with E-state index in [1.807, 2.05) is 12.1 Å². The zero-order chi connectivity index (χ0) is 19.0. The second-order valence-electron chi connectivity index (χ2n) is 7.38. The lowest BCUT2D eigenvalue weighted by atomic mass is 9.77. The van der Waals surface area contributed by atoms with Crippen LogP contribution in [0.1, 0.15) is 24.8 Å². The van der Waals surface area contributed by atoms with Crippen molar-refractivity contribution in [2.24, 2.45) is 5.92 Å². The molecule has 3 aliphatic heterocycles. The molecule has 0 aliphatic carbocycles. The lowest BCUT2D eigenvalue weighted by Crippen LogP contribution is -2.55. The van der Waals surface area contributed by atoms with E-state index in [-0.39, 0.29) is 12.3 Å². The van der Waals surface area contributed by atoms with Crippen LogP contribution in [0.2, 0.25) is 0 Å². The molecule has 146 valence electrons. The van der Waals surface area contributed by atoms with Crippen LogP contribution in [0.3, 0.4) is 0 Å². The maximum Gasteiger partial charge on any atom is 0.309 e. The lowest BCUT2D eigenvalue weighted by molar-refractivity contribution is -0.144. The maximum atomic E-state index is 11.8. The monoisotopic (exact) mass is 376 g/mol. The molecule has 1 amide bonds. The Morgan fingerprint density at radius 2 is 1.96 bits per heavy atom. The van der Waals surface area contributed by atoms with Crippen molar-refractivity contribution in [1.82, 2.24) is 10.2 Å². The zero-order valence-corrected chi connectivity index (χ0v) is 15.3. The number of carbonyl (C=O) groups is 2. The third-order valence-corrected chi connectivity index (χ3v) is 5.83. The molecule has 0 radical (unpaired) electrons. The summed E-state index contributed by atoms with van der Waals surface area (Å²) in [6.07, 6.45) is 1.33. The van der Waals surface area contributed by atoms with Gasteiger partial charge in [0.2, 0.25) is 5.91 Å². The molecule has 0 aromatic heterocycles. The number of ether oxygens (including phenoxy) is 3. The van der Waals surface area contributed by atoms with E-state index >= 15 is 0 Å². The van der Waals surface area contributed by atoms with Crippen LogP contribution in [0.4, 0.5) is 0 Å². The number of rotatable bonds is 4. The third kappa shape index (κ3) is 3.29. The number of nitrogens with zero attached hydrogens (tertiary/aromatic N) is 1. The van der Waals surface area contributed by atoms with Gasteiger partial charge in [0.05, 0.1) is 18.6 Å². The molecule has 3 aliphatic rings. The van der Waals surface area contributed by atoms with Gasteiger partial charge in [-0.05, 0) is 18.9 Å². The van der Waals surface area contributed by atoms with Gasteiger partial charge < -0.3 is 24.6 Å². The van der Waals surface area contributed by atoms with Crippen LogP contribution >= 0.6 is 0 Å². The predicted molar refractivity (Wildman–Crippen MR) is 95.1 cm³/mol. The van der Waals surface area contributed by atoms with Gasteiger partial charge in [-0.2, -0.15) is 0 Å². The predicted octanol–water partition coefficient (Wildman–Crippen LogP) is 1.02. The van der Waals surface area contributed by atoms with Crippen LogP contribution in [0.15, 0.2) is 12.1 Å². The largest absolute Gasteiger partial charge is 0.496 e. The van der Waals surface area contributed by atoms with E-state index in [9.17, 15) is 14.7 Å². The molecule has 1 atom stereocenters. The number of hydrogen-bond donors (Lipinski definition) is 2. The third-order valence-electron chi connectivity index (χ3n) is 5.83. The van der Waals surface area contributed by atoms with Crippen LogP contribution in [0, 0.1) is 5.92 Å². The molecular formula is C19H24N2O6. The van der Waals surface area contributed by atoms with E-state index in [4.69, 9.17) is 14.2 Å². The van der Waals surface area contributed by atoms with Crippen LogP contribution < -0.4 is 19.5 Å². The van der Waals surface area contributed by atoms with Crippen molar-refractivity contribution in [1.29, 1.82) is 0 Å². The fourth-order valence-corrected chi connectivity index (χ4v) is 4.37. The summed E-state index contributed by atoms with van der Waals surface area (Å²) in [7, 11) is 1.63. The van der Waals surface area contributed by atoms with Crippen LogP contribution in [0.5, 0.6) is 17.2 Å². The number of aliphatic carboxylic acids is 1. The molecule has 8 heteroatoms. The molecule has 1 aromatic carbocycles. The standard InChI is InChI=1S/C19H24N2O6/c1-25-14-10-16-15(26-6-7-27-16)8-12(14)11-21-4-2-19(3-5-21)13(18(23)24)9-17(22)20-19/h8,10,13H,2-7,9,11H2,1H3,(H,20,22)(H,23,24). The topological polar surface area (TPSA) is 97.3 Å². The first-order chi connectivity index (χ1) is 13.0. The van der Waals surface area contributed by atoms with Crippen molar-refractivity contribution >= 4 is 11.9 Å². The summed E-state index contributed by atoms with van der Waals surface area (Å²) in [5.41, 5.74) is 0.388. The van der Waals surface area contributed by atoms with E-state index in [2.05, 4.69) is 10.2 Å². The van der Waals surface area contributed by atoms with Gasteiger partial charge in [0, 0.05) is 37.7 Å². The number of amides is 1. The SMILES string of the molecule is COc1cc2c(cc1CN1CCC3(CC1)NC(=O)CC3C(=O)O)OCCO2. The Morgan fingerprint density at radius 3 is 2.59 bits per heavy atom. The Balaban J connectivity index is 1.47. The minimum Gasteiger partial charge on any atom is -0.496 e. The van der Waals surface area contributed by atoms with Gasteiger partial charge in [-0.1, -0.05) is 0 Å². The van der Waals surface area contributed by atoms with Crippen molar-refractivity contribution in [3.63, 3.8) is 0 Å². The van der Waals surface area contributed by atoms with Crippen molar-refractivity contribution in [3.8, 4) is 17.2 Å². The Labute approximate surface area is 157 Å². The van der Waals surface area contributed by atoms with Crippen LogP contribution in [-0.4, -0.2) is 60.8 Å². The fraction of sp³-hybridized carbons (Fsp3) is 0.579. The number of methoxy groups -OCH3 is 1. The van der Waals surface area contributed by atoms with E-state index in [0.29, 0.717) is 51.4 Å². The van der Waals surface area contributed by atoms with Gasteiger partial charge in [-0.3, -0.25) is 14.5 Å². The maximum absolute atomic E-state index is 11.8. The van der Waals surface area contributed by atoms with Crippen LogP contribution in [-0.2, 0) is 16.1 Å². The van der Waals surface area contributed by atoms with Crippen molar-refractivity contribution in [3.05, 3.63) is 17.7 Å². The molecule has 27 heavy (non-hydrogen) atoms. The summed E-state index contributed by atoms with van der Waals surface area (Å²) >= 11 is 0. The number of benzene rings is 1. The molecule has 2 saturated heterocycles. The highest BCUT2D eigenvalue weighted by Crippen LogP contribution is 2.40. The summed E-state index contributed by atoms with van der Waals surface area (Å²) in [6.45, 7) is 3.15. The number of carboxylic acids is 1. The van der Waals surface area contributed by atoms with Crippen molar-refractivity contribution in [2.75, 3.05) is 33.4 Å². The van der Waals surface area contributed by atoms with E-state index in [1.165, 1.54) is 0 Å². The Morgan fingerprint density at radius 1 is 1.30 bits per heavy atom. The first-order valence-corrected chi connectivity index (χ1v) is 9.23. The number of piperidine rings is 1. The van der Waals surface area contributed by atoms with Gasteiger partial charge in [-0.15, -0.1) is 0 Å². The first kappa shape index (κ1) is 17.9. The van der Waals surface area contributed by atoms with E-state index < -0.39 is 17.4 Å². The number of carboxylic acid groups (broad SMARTS) is 1. The summed E-state index contributed by atoms with van der Waals surface area (Å²) in [4.78, 5) is 25.6. The summed E-state index contributed by atoms with van der Waals surface area (Å²) < 4.78 is 16.8. The average Bonchev–Trinajstić information content (AvgIpc) is 2.99. The van der Waals surface area contributed by atoms with Gasteiger partial charge in [-0.25, -0.2) is 0 Å². The molecule has 8 nitrogen and oxygen atoms in total. The van der Waals surface area contributed by atoms with Crippen molar-refractivity contribution < 1.29 is 28.9 Å². The normalized spacial score (nSPS) is 23.9. The van der Waals surface area contributed by atoms with E-state index in [0.717, 1.165) is 17.1 Å². The van der Waals surface area contributed by atoms with Crippen molar-refractivity contribution in [2.45, 2.75) is 31.3 Å². The smallest absolute Gasteiger partial charge is 0.309 e. The molecule has 0 bridgehead atoms. The Bertz CT molecular complexity index is 757. The molecule has 3 heterocycles. The van der Waals surface area contributed by atoms with Gasteiger partial charge in [0.1, 0.15) is 19.0 Å². The number of likely N-dealkylation sites (tertiary alicyclic amines) is 1. The number of carbonyl (C=O) groups excluding carboxylic acids is 1. The number of hydrogen-bond acceptors (Lipinski definition) is 6. The molecule has 4 rings (SSSR count). The van der Waals surface area contributed by atoms with Gasteiger partial charge in [0.25, 0.3) is 0 Å². The van der Waals surface area contributed by atoms with E-state index in [1.54, 1.807) is 7.11 Å². The van der Waals surface area contributed by atoms with Gasteiger partial charge >= 0.3 is 5.97 Å². The number of fused-ring (bicyclic) bond motifs is 1. The summed E-state index contributed by atoms with van der Waals surface area (Å²) in [5, 5.41) is 12.4. The fourth-order valence-electron chi connectivity index (χ4n) is 4.37. The highest BCUT2D eigenvalue weighted by Gasteiger charge is 2.51. The second-order valence-corrected chi connectivity index (χ2v) is 7.38. The lowest BCUT2D eigenvalue weighted by Gasteiger charge is -2.41. The molecule has 0 saturated carbocycles. The second kappa shape index (κ2) is 6.92. The molecular weight excluding hydrogens is 352 g/mol.